The molecule has 1 unspecified atom stereocenters. The van der Waals surface area contributed by atoms with E-state index in [-0.39, 0.29) is 0 Å². The molecule has 0 spiro atoms. The molecule has 1 nitrogen and oxygen atoms in total. The molecule has 1 atom stereocenters. The molecule has 0 aliphatic carbocycles. The highest BCUT2D eigenvalue weighted by atomic mass is 32.2. The number of thioether (sulfide) groups is 2. The van der Waals surface area contributed by atoms with Gasteiger partial charge in [0.05, 0.1) is 0 Å². The van der Waals surface area contributed by atoms with Crippen molar-refractivity contribution in [2.24, 2.45) is 0 Å². The SMILES string of the molecule is CC.c1ccc(Oc2ccc(SCC3CS3)cc2)cc1. The smallest absolute Gasteiger partial charge is 0.127 e. The predicted molar refractivity (Wildman–Crippen MR) is 91.3 cm³/mol. The zero-order valence-electron chi connectivity index (χ0n) is 11.9. The molecule has 3 heteroatoms. The van der Waals surface area contributed by atoms with E-state index in [2.05, 4.69) is 12.1 Å². The minimum Gasteiger partial charge on any atom is -0.457 e. The average Bonchev–Trinajstić information content (AvgIpc) is 3.34. The second-order valence-corrected chi connectivity index (χ2v) is 6.58. The van der Waals surface area contributed by atoms with Crippen LogP contribution >= 0.6 is 23.5 Å². The molecule has 106 valence electrons. The summed E-state index contributed by atoms with van der Waals surface area (Å²) < 4.78 is 5.76. The highest BCUT2D eigenvalue weighted by molar-refractivity contribution is 8.08. The van der Waals surface area contributed by atoms with Crippen LogP contribution in [0.25, 0.3) is 0 Å². The van der Waals surface area contributed by atoms with Crippen LogP contribution in [0.5, 0.6) is 11.5 Å². The lowest BCUT2D eigenvalue weighted by Gasteiger charge is -2.06. The predicted octanol–water partition coefficient (Wildman–Crippen LogP) is 5.71. The van der Waals surface area contributed by atoms with Crippen molar-refractivity contribution in [3.8, 4) is 11.5 Å². The molecule has 1 fully saturated rings. The summed E-state index contributed by atoms with van der Waals surface area (Å²) in [6.45, 7) is 4.00. The summed E-state index contributed by atoms with van der Waals surface area (Å²) >= 11 is 3.98. The number of rotatable bonds is 5. The van der Waals surface area contributed by atoms with Gasteiger partial charge in [0.15, 0.2) is 0 Å². The highest BCUT2D eigenvalue weighted by Crippen LogP contribution is 2.35. The second kappa shape index (κ2) is 8.28. The van der Waals surface area contributed by atoms with Crippen molar-refractivity contribution in [2.45, 2.75) is 24.0 Å². The Kier molecular flexibility index (Phi) is 6.34. The minimum absolute atomic E-state index is 0.882. The number of ether oxygens (including phenoxy) is 1. The first-order valence-corrected chi connectivity index (χ1v) is 9.01. The van der Waals surface area contributed by atoms with E-state index in [0.717, 1.165) is 16.7 Å². The summed E-state index contributed by atoms with van der Waals surface area (Å²) in [7, 11) is 0. The number of hydrogen-bond donors (Lipinski definition) is 0. The van der Waals surface area contributed by atoms with Gasteiger partial charge in [-0.05, 0) is 36.4 Å². The van der Waals surface area contributed by atoms with E-state index in [1.165, 1.54) is 16.4 Å². The van der Waals surface area contributed by atoms with Gasteiger partial charge < -0.3 is 4.74 Å². The summed E-state index contributed by atoms with van der Waals surface area (Å²) in [6, 6.07) is 18.2. The monoisotopic (exact) mass is 304 g/mol. The second-order valence-electron chi connectivity index (χ2n) is 4.15. The van der Waals surface area contributed by atoms with Crippen LogP contribution in [0.3, 0.4) is 0 Å². The van der Waals surface area contributed by atoms with Gasteiger partial charge in [-0.15, -0.1) is 11.8 Å². The van der Waals surface area contributed by atoms with E-state index in [9.17, 15) is 0 Å². The van der Waals surface area contributed by atoms with E-state index < -0.39 is 0 Å². The lowest BCUT2D eigenvalue weighted by molar-refractivity contribution is 0.482. The summed E-state index contributed by atoms with van der Waals surface area (Å²) in [6.07, 6.45) is 0. The quantitative estimate of drug-likeness (QED) is 0.517. The molecular weight excluding hydrogens is 284 g/mol. The van der Waals surface area contributed by atoms with Gasteiger partial charge in [-0.2, -0.15) is 11.8 Å². The van der Waals surface area contributed by atoms with Gasteiger partial charge in [0, 0.05) is 21.7 Å². The fraction of sp³-hybridized carbons (Fsp3) is 0.294. The van der Waals surface area contributed by atoms with Gasteiger partial charge >= 0.3 is 0 Å². The Morgan fingerprint density at radius 3 is 2.20 bits per heavy atom. The maximum absolute atomic E-state index is 5.76. The first-order chi connectivity index (χ1) is 9.90. The zero-order chi connectivity index (χ0) is 14.2. The maximum Gasteiger partial charge on any atom is 0.127 e. The third kappa shape index (κ3) is 5.14. The lowest BCUT2D eigenvalue weighted by Crippen LogP contribution is -1.87. The van der Waals surface area contributed by atoms with Crippen LogP contribution in [-0.4, -0.2) is 16.8 Å². The molecule has 0 bridgehead atoms. The Labute approximate surface area is 130 Å². The maximum atomic E-state index is 5.76. The molecule has 20 heavy (non-hydrogen) atoms. The van der Waals surface area contributed by atoms with Gasteiger partial charge in [0.1, 0.15) is 11.5 Å². The lowest BCUT2D eigenvalue weighted by atomic mass is 10.3. The molecule has 2 aromatic carbocycles. The van der Waals surface area contributed by atoms with E-state index in [1.54, 1.807) is 0 Å². The summed E-state index contributed by atoms with van der Waals surface area (Å²) in [5.74, 6) is 4.34. The summed E-state index contributed by atoms with van der Waals surface area (Å²) in [5.41, 5.74) is 0. The number of benzene rings is 2. The van der Waals surface area contributed by atoms with Gasteiger partial charge in [-0.1, -0.05) is 32.0 Å². The zero-order valence-corrected chi connectivity index (χ0v) is 13.5. The Balaban J connectivity index is 0.000000704. The Hall–Kier alpha value is -1.06. The molecule has 0 saturated carbocycles. The van der Waals surface area contributed by atoms with Crippen LogP contribution in [0.2, 0.25) is 0 Å². The molecule has 1 aliphatic heterocycles. The Morgan fingerprint density at radius 1 is 1.00 bits per heavy atom. The molecule has 0 aromatic heterocycles. The fourth-order valence-corrected chi connectivity index (χ4v) is 3.40. The van der Waals surface area contributed by atoms with Crippen LogP contribution in [0.4, 0.5) is 0 Å². The van der Waals surface area contributed by atoms with E-state index >= 15 is 0 Å². The van der Waals surface area contributed by atoms with E-state index in [1.807, 2.05) is 79.8 Å². The summed E-state index contributed by atoms with van der Waals surface area (Å²) in [4.78, 5) is 1.32. The van der Waals surface area contributed by atoms with E-state index in [0.29, 0.717) is 0 Å². The molecular formula is C17H20OS2. The molecule has 1 heterocycles. The first-order valence-electron chi connectivity index (χ1n) is 6.97. The highest BCUT2D eigenvalue weighted by Gasteiger charge is 2.21. The molecule has 0 radical (unpaired) electrons. The third-order valence-electron chi connectivity index (χ3n) is 2.64. The topological polar surface area (TPSA) is 9.23 Å². The molecule has 1 saturated heterocycles. The van der Waals surface area contributed by atoms with Gasteiger partial charge in [-0.3, -0.25) is 0 Å². The molecule has 0 N–H and O–H groups in total. The van der Waals surface area contributed by atoms with Crippen molar-refractivity contribution in [2.75, 3.05) is 11.5 Å². The Morgan fingerprint density at radius 2 is 1.60 bits per heavy atom. The molecule has 0 amide bonds. The van der Waals surface area contributed by atoms with Crippen LogP contribution in [0.1, 0.15) is 13.8 Å². The molecule has 3 rings (SSSR count). The number of para-hydroxylation sites is 1. The normalized spacial score (nSPS) is 16.0. The molecule has 2 aromatic rings. The van der Waals surface area contributed by atoms with Crippen molar-refractivity contribution in [3.63, 3.8) is 0 Å². The van der Waals surface area contributed by atoms with Crippen LogP contribution in [0, 0.1) is 0 Å². The Bertz CT molecular complexity index is 492. The standard InChI is InChI=1S/C15H14OS2.C2H6/c1-2-4-12(5-3-1)16-13-6-8-14(9-7-13)17-10-15-11-18-15;1-2/h1-9,15H,10-11H2;1-2H3. The van der Waals surface area contributed by atoms with Crippen molar-refractivity contribution in [3.05, 3.63) is 54.6 Å². The third-order valence-corrected chi connectivity index (χ3v) is 5.00. The van der Waals surface area contributed by atoms with Crippen molar-refractivity contribution < 1.29 is 4.74 Å². The minimum atomic E-state index is 0.882. The average molecular weight is 304 g/mol. The summed E-state index contributed by atoms with van der Waals surface area (Å²) in [5, 5.41) is 0.884. The molecule has 1 aliphatic rings. The van der Waals surface area contributed by atoms with Crippen molar-refractivity contribution in [1.82, 2.24) is 0 Å². The van der Waals surface area contributed by atoms with Crippen molar-refractivity contribution >= 4 is 23.5 Å². The van der Waals surface area contributed by atoms with Crippen LogP contribution < -0.4 is 4.74 Å². The van der Waals surface area contributed by atoms with Gasteiger partial charge in [0.2, 0.25) is 0 Å². The van der Waals surface area contributed by atoms with Crippen LogP contribution in [-0.2, 0) is 0 Å². The number of hydrogen-bond acceptors (Lipinski definition) is 3. The van der Waals surface area contributed by atoms with Crippen molar-refractivity contribution in [1.29, 1.82) is 0 Å². The van der Waals surface area contributed by atoms with Gasteiger partial charge in [0.25, 0.3) is 0 Å². The van der Waals surface area contributed by atoms with Gasteiger partial charge in [-0.25, -0.2) is 0 Å². The fourth-order valence-electron chi connectivity index (χ4n) is 1.58. The first kappa shape index (κ1) is 15.3. The van der Waals surface area contributed by atoms with Crippen LogP contribution in [0.15, 0.2) is 59.5 Å². The van der Waals surface area contributed by atoms with E-state index in [4.69, 9.17) is 4.74 Å². The largest absolute Gasteiger partial charge is 0.457 e.